The van der Waals surface area contributed by atoms with Crippen molar-refractivity contribution in [3.05, 3.63) is 0 Å². The molecule has 0 aromatic carbocycles. The van der Waals surface area contributed by atoms with E-state index in [1.165, 1.54) is 25.7 Å². The maximum atomic E-state index is 11.9. The van der Waals surface area contributed by atoms with Crippen molar-refractivity contribution in [2.45, 2.75) is 66.2 Å². The number of hydrogen-bond donors (Lipinski definition) is 0. The number of carbonyl (C=O) groups excluding carboxylic acids is 1. The first-order valence-corrected chi connectivity index (χ1v) is 6.41. The van der Waals surface area contributed by atoms with Crippen LogP contribution in [0.2, 0.25) is 0 Å². The molecule has 0 aromatic rings. The van der Waals surface area contributed by atoms with E-state index in [-0.39, 0.29) is 5.41 Å². The fourth-order valence-corrected chi connectivity index (χ4v) is 2.27. The molecule has 1 aliphatic carbocycles. The van der Waals surface area contributed by atoms with Gasteiger partial charge in [-0.25, -0.2) is 0 Å². The van der Waals surface area contributed by atoms with Crippen LogP contribution in [0.3, 0.4) is 0 Å². The van der Waals surface area contributed by atoms with Gasteiger partial charge in [0.2, 0.25) is 0 Å². The smallest absolute Gasteiger partial charge is 0.133 e. The summed E-state index contributed by atoms with van der Waals surface area (Å²) in [4.78, 5) is 11.9. The van der Waals surface area contributed by atoms with Crippen molar-refractivity contribution in [1.29, 1.82) is 0 Å². The Balaban J connectivity index is 2.29. The lowest BCUT2D eigenvalue weighted by atomic mass is 9.78. The summed E-state index contributed by atoms with van der Waals surface area (Å²) in [5.41, 5.74) is 0.269. The highest BCUT2D eigenvalue weighted by atomic mass is 16.1. The van der Waals surface area contributed by atoms with Gasteiger partial charge in [-0.3, -0.25) is 4.79 Å². The summed E-state index contributed by atoms with van der Waals surface area (Å²) in [5.74, 6) is 1.71. The molecule has 1 saturated carbocycles. The quantitative estimate of drug-likeness (QED) is 0.679. The molecule has 1 unspecified atom stereocenters. The van der Waals surface area contributed by atoms with Crippen LogP contribution in [0.5, 0.6) is 0 Å². The summed E-state index contributed by atoms with van der Waals surface area (Å²) in [6, 6.07) is 0. The molecule has 1 atom stereocenters. The average molecular weight is 210 g/mol. The van der Waals surface area contributed by atoms with Crippen LogP contribution in [-0.4, -0.2) is 5.78 Å². The van der Waals surface area contributed by atoms with Gasteiger partial charge < -0.3 is 0 Å². The summed E-state index contributed by atoms with van der Waals surface area (Å²) in [7, 11) is 0. The molecular weight excluding hydrogens is 184 g/mol. The molecule has 0 aliphatic heterocycles. The number of rotatable bonds is 4. The fraction of sp³-hybridized carbons (Fsp3) is 0.929. The maximum absolute atomic E-state index is 11.9. The summed E-state index contributed by atoms with van der Waals surface area (Å²) in [6.45, 7) is 8.87. The van der Waals surface area contributed by atoms with Crippen LogP contribution in [0, 0.1) is 17.3 Å². The predicted molar refractivity (Wildman–Crippen MR) is 64.8 cm³/mol. The highest BCUT2D eigenvalue weighted by molar-refractivity contribution is 5.78. The molecule has 1 nitrogen and oxygen atoms in total. The van der Waals surface area contributed by atoms with E-state index in [0.717, 1.165) is 12.8 Å². The largest absolute Gasteiger partial charge is 0.300 e. The molecule has 0 spiro atoms. The first-order chi connectivity index (χ1) is 6.89. The molecule has 1 rings (SSSR count). The van der Waals surface area contributed by atoms with Gasteiger partial charge in [0.05, 0.1) is 0 Å². The molecule has 88 valence electrons. The van der Waals surface area contributed by atoms with Gasteiger partial charge in [0.25, 0.3) is 0 Å². The van der Waals surface area contributed by atoms with Gasteiger partial charge in [0, 0.05) is 12.8 Å². The van der Waals surface area contributed by atoms with Crippen molar-refractivity contribution in [2.75, 3.05) is 0 Å². The van der Waals surface area contributed by atoms with Gasteiger partial charge in [-0.15, -0.1) is 0 Å². The van der Waals surface area contributed by atoms with Crippen LogP contribution in [0.15, 0.2) is 0 Å². The van der Waals surface area contributed by atoms with Crippen LogP contribution in [0.1, 0.15) is 66.2 Å². The number of hydrogen-bond acceptors (Lipinski definition) is 1. The molecular formula is C14H26O. The second-order valence-electron chi connectivity index (χ2n) is 6.36. The lowest BCUT2D eigenvalue weighted by Crippen LogP contribution is -2.21. The van der Waals surface area contributed by atoms with Crippen LogP contribution in [-0.2, 0) is 4.79 Å². The van der Waals surface area contributed by atoms with Gasteiger partial charge in [-0.2, -0.15) is 0 Å². The van der Waals surface area contributed by atoms with Gasteiger partial charge in [0.15, 0.2) is 0 Å². The Hall–Kier alpha value is -0.330. The second-order valence-corrected chi connectivity index (χ2v) is 6.36. The zero-order valence-electron chi connectivity index (χ0n) is 10.8. The molecule has 1 fully saturated rings. The summed E-state index contributed by atoms with van der Waals surface area (Å²) < 4.78 is 0. The highest BCUT2D eigenvalue weighted by Gasteiger charge is 2.24. The third-order valence-corrected chi connectivity index (χ3v) is 4.00. The Morgan fingerprint density at radius 1 is 1.27 bits per heavy atom. The topological polar surface area (TPSA) is 17.1 Å². The van der Waals surface area contributed by atoms with Gasteiger partial charge in [0.1, 0.15) is 5.78 Å². The molecule has 1 heteroatoms. The van der Waals surface area contributed by atoms with Crippen LogP contribution >= 0.6 is 0 Å². The first kappa shape index (κ1) is 12.7. The average Bonchev–Trinajstić information content (AvgIpc) is 2.54. The van der Waals surface area contributed by atoms with E-state index in [9.17, 15) is 4.79 Å². The van der Waals surface area contributed by atoms with E-state index >= 15 is 0 Å². The SMILES string of the molecule is CC(CC(=O)CC1CCCC1)C(C)(C)C. The Morgan fingerprint density at radius 2 is 1.80 bits per heavy atom. The van der Waals surface area contributed by atoms with Gasteiger partial charge in [-0.05, 0) is 17.3 Å². The molecule has 0 radical (unpaired) electrons. The number of Topliss-reactive ketones (excluding diaryl/α,β-unsaturated/α-hetero) is 1. The third kappa shape index (κ3) is 4.36. The molecule has 1 aliphatic rings. The van der Waals surface area contributed by atoms with Crippen molar-refractivity contribution >= 4 is 5.78 Å². The monoisotopic (exact) mass is 210 g/mol. The standard InChI is InChI=1S/C14H26O/c1-11(14(2,3)4)9-13(15)10-12-7-5-6-8-12/h11-12H,5-10H2,1-4H3. The van der Waals surface area contributed by atoms with Crippen molar-refractivity contribution in [3.63, 3.8) is 0 Å². The van der Waals surface area contributed by atoms with E-state index in [2.05, 4.69) is 27.7 Å². The van der Waals surface area contributed by atoms with Crippen LogP contribution < -0.4 is 0 Å². The molecule has 0 bridgehead atoms. The zero-order chi connectivity index (χ0) is 11.5. The molecule has 0 saturated heterocycles. The minimum atomic E-state index is 0.269. The second kappa shape index (κ2) is 5.14. The third-order valence-electron chi connectivity index (χ3n) is 4.00. The molecule has 0 aromatic heterocycles. The lowest BCUT2D eigenvalue weighted by molar-refractivity contribution is -0.121. The number of carbonyl (C=O) groups is 1. The van der Waals surface area contributed by atoms with E-state index in [4.69, 9.17) is 0 Å². The van der Waals surface area contributed by atoms with E-state index in [1.54, 1.807) is 0 Å². The fourth-order valence-electron chi connectivity index (χ4n) is 2.27. The highest BCUT2D eigenvalue weighted by Crippen LogP contribution is 2.31. The van der Waals surface area contributed by atoms with Crippen molar-refractivity contribution in [3.8, 4) is 0 Å². The lowest BCUT2D eigenvalue weighted by Gasteiger charge is -2.26. The van der Waals surface area contributed by atoms with Crippen molar-refractivity contribution in [1.82, 2.24) is 0 Å². The maximum Gasteiger partial charge on any atom is 0.133 e. The summed E-state index contributed by atoms with van der Waals surface area (Å²) in [6.07, 6.45) is 6.88. The Kier molecular flexibility index (Phi) is 4.36. The first-order valence-electron chi connectivity index (χ1n) is 6.41. The Labute approximate surface area is 94.6 Å². The Bertz CT molecular complexity index is 206. The summed E-state index contributed by atoms with van der Waals surface area (Å²) >= 11 is 0. The van der Waals surface area contributed by atoms with E-state index < -0.39 is 0 Å². The van der Waals surface area contributed by atoms with Gasteiger partial charge >= 0.3 is 0 Å². The van der Waals surface area contributed by atoms with E-state index in [0.29, 0.717) is 17.6 Å². The Morgan fingerprint density at radius 3 is 2.27 bits per heavy atom. The molecule has 15 heavy (non-hydrogen) atoms. The zero-order valence-corrected chi connectivity index (χ0v) is 10.8. The minimum Gasteiger partial charge on any atom is -0.300 e. The van der Waals surface area contributed by atoms with Crippen molar-refractivity contribution < 1.29 is 4.79 Å². The molecule has 0 amide bonds. The van der Waals surface area contributed by atoms with Gasteiger partial charge in [-0.1, -0.05) is 53.4 Å². The normalized spacial score (nSPS) is 20.5. The predicted octanol–water partition coefficient (Wildman–Crippen LogP) is 4.21. The minimum absolute atomic E-state index is 0.269. The molecule has 0 N–H and O–H groups in total. The van der Waals surface area contributed by atoms with Crippen molar-refractivity contribution in [2.24, 2.45) is 17.3 Å². The number of ketones is 1. The van der Waals surface area contributed by atoms with E-state index in [1.807, 2.05) is 0 Å². The molecule has 0 heterocycles. The van der Waals surface area contributed by atoms with Crippen LogP contribution in [0.25, 0.3) is 0 Å². The van der Waals surface area contributed by atoms with Crippen LogP contribution in [0.4, 0.5) is 0 Å². The summed E-state index contributed by atoms with van der Waals surface area (Å²) in [5, 5.41) is 0.